The van der Waals surface area contributed by atoms with Crippen LogP contribution in [0.25, 0.3) is 0 Å². The predicted octanol–water partition coefficient (Wildman–Crippen LogP) is 2.66. The van der Waals surface area contributed by atoms with Crippen LogP contribution in [0.1, 0.15) is 10.4 Å². The molecular weight excluding hydrogens is 317 g/mol. The summed E-state index contributed by atoms with van der Waals surface area (Å²) in [6, 6.07) is 9.75. The Morgan fingerprint density at radius 3 is 2.81 bits per heavy atom. The number of benzene rings is 1. The molecule has 1 aliphatic rings. The Hall–Kier alpha value is -1.30. The molecule has 0 radical (unpaired) electrons. The standard InChI is InChI=1S/C12H10INO2/c1-14-7-6-9(8-14)13-11-5-3-2-4-10(11)12(15)16-13/h2-8H,1H3. The first-order chi connectivity index (χ1) is 7.75. The van der Waals surface area contributed by atoms with Gasteiger partial charge in [-0.15, -0.1) is 0 Å². The molecule has 1 aromatic heterocycles. The molecule has 0 saturated heterocycles. The monoisotopic (exact) mass is 327 g/mol. The van der Waals surface area contributed by atoms with Gasteiger partial charge < -0.3 is 0 Å². The molecule has 0 bridgehead atoms. The molecule has 16 heavy (non-hydrogen) atoms. The third kappa shape index (κ3) is 1.44. The van der Waals surface area contributed by atoms with Crippen LogP contribution in [0, 0.1) is 7.14 Å². The van der Waals surface area contributed by atoms with Crippen molar-refractivity contribution in [2.45, 2.75) is 0 Å². The number of fused-ring (bicyclic) bond motifs is 1. The van der Waals surface area contributed by atoms with Gasteiger partial charge in [0.25, 0.3) is 0 Å². The summed E-state index contributed by atoms with van der Waals surface area (Å²) in [5, 5.41) is 0. The Labute approximate surface area is 101 Å². The molecule has 0 spiro atoms. The molecule has 0 saturated carbocycles. The second-order valence-corrected chi connectivity index (χ2v) is 7.86. The van der Waals surface area contributed by atoms with E-state index in [2.05, 4.69) is 0 Å². The van der Waals surface area contributed by atoms with E-state index in [1.807, 2.05) is 54.3 Å². The average Bonchev–Trinajstić information content (AvgIpc) is 2.84. The van der Waals surface area contributed by atoms with E-state index in [1.165, 1.54) is 3.57 Å². The van der Waals surface area contributed by atoms with E-state index in [4.69, 9.17) is 3.07 Å². The van der Waals surface area contributed by atoms with Gasteiger partial charge in [0.2, 0.25) is 0 Å². The summed E-state index contributed by atoms with van der Waals surface area (Å²) in [6.07, 6.45) is 4.03. The molecule has 1 aromatic carbocycles. The van der Waals surface area contributed by atoms with Crippen LogP contribution < -0.4 is 0 Å². The number of hydrogen-bond acceptors (Lipinski definition) is 2. The third-order valence-corrected chi connectivity index (χ3v) is 7.03. The minimum absolute atomic E-state index is 0.162. The van der Waals surface area contributed by atoms with E-state index in [1.54, 1.807) is 0 Å². The number of halogens is 1. The van der Waals surface area contributed by atoms with Gasteiger partial charge in [-0.25, -0.2) is 0 Å². The number of aromatic nitrogens is 1. The fraction of sp³-hybridized carbons (Fsp3) is 0.0833. The molecule has 0 fully saturated rings. The van der Waals surface area contributed by atoms with Crippen LogP contribution in [0.2, 0.25) is 0 Å². The summed E-state index contributed by atoms with van der Waals surface area (Å²) in [4.78, 5) is 11.7. The van der Waals surface area contributed by atoms with Crippen LogP contribution in [0.15, 0.2) is 42.7 Å². The summed E-state index contributed by atoms with van der Waals surface area (Å²) in [7, 11) is 1.98. The molecule has 2 heterocycles. The SMILES string of the molecule is Cn1ccc(I2OC(=O)c3ccccc32)c1. The van der Waals surface area contributed by atoms with Crippen molar-refractivity contribution in [2.75, 3.05) is 0 Å². The van der Waals surface area contributed by atoms with Crippen LogP contribution in [0.4, 0.5) is 0 Å². The fourth-order valence-corrected chi connectivity index (χ4v) is 6.10. The molecule has 82 valence electrons. The fourth-order valence-electron chi connectivity index (χ4n) is 1.66. The van der Waals surface area contributed by atoms with Crippen LogP contribution in [0.3, 0.4) is 0 Å². The molecule has 2 aromatic rings. The van der Waals surface area contributed by atoms with Crippen LogP contribution in [-0.4, -0.2) is 10.5 Å². The molecule has 3 rings (SSSR count). The zero-order chi connectivity index (χ0) is 11.1. The first-order valence-corrected chi connectivity index (χ1v) is 7.93. The Balaban J connectivity index is 2.10. The molecule has 0 atom stereocenters. The molecule has 4 heteroatoms. The predicted molar refractivity (Wildman–Crippen MR) is 68.7 cm³/mol. The molecule has 0 amide bonds. The van der Waals surface area contributed by atoms with Gasteiger partial charge in [-0.2, -0.15) is 0 Å². The topological polar surface area (TPSA) is 31.2 Å². The van der Waals surface area contributed by atoms with Crippen molar-refractivity contribution < 1.29 is 7.86 Å². The molecular formula is C12H10INO2. The number of hydrogen-bond donors (Lipinski definition) is 0. The Morgan fingerprint density at radius 1 is 1.25 bits per heavy atom. The van der Waals surface area contributed by atoms with Crippen molar-refractivity contribution in [3.8, 4) is 0 Å². The number of carbonyl (C=O) groups excluding carboxylic acids is 1. The number of nitrogens with zero attached hydrogens (tertiary/aromatic N) is 1. The van der Waals surface area contributed by atoms with Gasteiger partial charge in [-0.3, -0.25) is 0 Å². The van der Waals surface area contributed by atoms with Crippen LogP contribution in [-0.2, 0) is 10.1 Å². The normalized spacial score (nSPS) is 16.1. The molecule has 0 N–H and O–H groups in total. The zero-order valence-corrected chi connectivity index (χ0v) is 10.8. The van der Waals surface area contributed by atoms with Crippen LogP contribution >= 0.6 is 20.2 Å². The Kier molecular flexibility index (Phi) is 2.24. The van der Waals surface area contributed by atoms with Crippen molar-refractivity contribution in [3.05, 3.63) is 55.4 Å². The second kappa shape index (κ2) is 3.62. The second-order valence-electron chi connectivity index (χ2n) is 3.59. The Morgan fingerprint density at radius 2 is 2.06 bits per heavy atom. The summed E-state index contributed by atoms with van der Waals surface area (Å²) < 4.78 is 9.81. The molecule has 0 aliphatic carbocycles. The summed E-state index contributed by atoms with van der Waals surface area (Å²) >= 11 is -1.94. The minimum atomic E-state index is -1.94. The maximum absolute atomic E-state index is 11.7. The van der Waals surface area contributed by atoms with E-state index in [-0.39, 0.29) is 5.97 Å². The number of rotatable bonds is 1. The molecule has 1 aliphatic heterocycles. The van der Waals surface area contributed by atoms with Gasteiger partial charge in [0.05, 0.1) is 0 Å². The van der Waals surface area contributed by atoms with Gasteiger partial charge >= 0.3 is 101 Å². The van der Waals surface area contributed by atoms with E-state index in [9.17, 15) is 4.79 Å². The van der Waals surface area contributed by atoms with Gasteiger partial charge in [0.1, 0.15) is 0 Å². The first kappa shape index (κ1) is 9.89. The van der Waals surface area contributed by atoms with Crippen molar-refractivity contribution in [1.29, 1.82) is 0 Å². The summed E-state index contributed by atoms with van der Waals surface area (Å²) in [5.41, 5.74) is 0.747. The van der Waals surface area contributed by atoms with Gasteiger partial charge in [-0.1, -0.05) is 0 Å². The van der Waals surface area contributed by atoms with E-state index in [0.717, 1.165) is 9.13 Å². The van der Waals surface area contributed by atoms with Crippen LogP contribution in [0.5, 0.6) is 0 Å². The van der Waals surface area contributed by atoms with Gasteiger partial charge in [-0.05, 0) is 0 Å². The van der Waals surface area contributed by atoms with E-state index >= 15 is 0 Å². The average molecular weight is 327 g/mol. The molecule has 0 unspecified atom stereocenters. The van der Waals surface area contributed by atoms with Crippen molar-refractivity contribution in [3.63, 3.8) is 0 Å². The third-order valence-electron chi connectivity index (χ3n) is 2.42. The quantitative estimate of drug-likeness (QED) is 0.754. The van der Waals surface area contributed by atoms with Crippen molar-refractivity contribution in [2.24, 2.45) is 7.05 Å². The van der Waals surface area contributed by atoms with E-state index < -0.39 is 20.2 Å². The summed E-state index contributed by atoms with van der Waals surface area (Å²) in [5.74, 6) is -0.162. The molecule has 3 nitrogen and oxygen atoms in total. The maximum atomic E-state index is 11.7. The van der Waals surface area contributed by atoms with Crippen molar-refractivity contribution in [1.82, 2.24) is 4.57 Å². The van der Waals surface area contributed by atoms with Crippen molar-refractivity contribution >= 4 is 26.2 Å². The Bertz CT molecular complexity index is 562. The number of aryl methyl sites for hydroxylation is 1. The van der Waals surface area contributed by atoms with E-state index in [0.29, 0.717) is 0 Å². The number of carbonyl (C=O) groups is 1. The zero-order valence-electron chi connectivity index (χ0n) is 8.68. The first-order valence-electron chi connectivity index (χ1n) is 4.89. The van der Waals surface area contributed by atoms with Gasteiger partial charge in [0, 0.05) is 0 Å². The van der Waals surface area contributed by atoms with Gasteiger partial charge in [0.15, 0.2) is 0 Å². The summed E-state index contributed by atoms with van der Waals surface area (Å²) in [6.45, 7) is 0.